The van der Waals surface area contributed by atoms with Gasteiger partial charge in [0.2, 0.25) is 10.0 Å². The summed E-state index contributed by atoms with van der Waals surface area (Å²) in [7, 11) is -3.40. The molecule has 1 aromatic rings. The average Bonchev–Trinajstić information content (AvgIpc) is 2.69. The second kappa shape index (κ2) is 5.72. The van der Waals surface area contributed by atoms with Crippen LogP contribution in [0.15, 0.2) is 10.3 Å². The van der Waals surface area contributed by atoms with Crippen LogP contribution in [0.5, 0.6) is 0 Å². The van der Waals surface area contributed by atoms with Gasteiger partial charge in [-0.1, -0.05) is 13.8 Å². The minimum absolute atomic E-state index is 0.256. The molecular formula is C13H20ClNO2S2. The molecule has 0 N–H and O–H groups in total. The van der Waals surface area contributed by atoms with Gasteiger partial charge < -0.3 is 0 Å². The topological polar surface area (TPSA) is 37.4 Å². The van der Waals surface area contributed by atoms with Crippen molar-refractivity contribution in [3.8, 4) is 0 Å². The molecule has 1 aliphatic heterocycles. The summed E-state index contributed by atoms with van der Waals surface area (Å²) in [5.41, 5.74) is 0.812. The van der Waals surface area contributed by atoms with Gasteiger partial charge in [0, 0.05) is 18.0 Å². The van der Waals surface area contributed by atoms with Gasteiger partial charge in [0.15, 0.2) is 0 Å². The van der Waals surface area contributed by atoms with E-state index in [1.54, 1.807) is 4.31 Å². The monoisotopic (exact) mass is 321 g/mol. The maximum atomic E-state index is 12.8. The van der Waals surface area contributed by atoms with Crippen LogP contribution in [-0.2, 0) is 15.9 Å². The van der Waals surface area contributed by atoms with Crippen molar-refractivity contribution >= 4 is 33.0 Å². The van der Waals surface area contributed by atoms with E-state index in [0.29, 0.717) is 29.8 Å². The summed E-state index contributed by atoms with van der Waals surface area (Å²) >= 11 is 7.31. The number of sulfonamides is 1. The summed E-state index contributed by atoms with van der Waals surface area (Å²) < 4.78 is 27.3. The molecule has 3 nitrogen and oxygen atoms in total. The van der Waals surface area contributed by atoms with E-state index in [9.17, 15) is 8.42 Å². The van der Waals surface area contributed by atoms with Gasteiger partial charge in [0.25, 0.3) is 0 Å². The summed E-state index contributed by atoms with van der Waals surface area (Å²) in [5.74, 6) is 1.08. The van der Waals surface area contributed by atoms with Crippen molar-refractivity contribution in [3.63, 3.8) is 0 Å². The Hall–Kier alpha value is -0.100. The summed E-state index contributed by atoms with van der Waals surface area (Å²) in [5, 5.41) is 1.88. The van der Waals surface area contributed by atoms with Crippen LogP contribution in [0.2, 0.25) is 0 Å². The smallest absolute Gasteiger partial charge is 0.207 e. The number of piperidine rings is 1. The second-order valence-corrected chi connectivity index (χ2v) is 8.68. The molecule has 108 valence electrons. The zero-order valence-electron chi connectivity index (χ0n) is 11.5. The molecule has 0 radical (unpaired) electrons. The average molecular weight is 322 g/mol. The van der Waals surface area contributed by atoms with Gasteiger partial charge in [0.05, 0.1) is 5.88 Å². The second-order valence-electron chi connectivity index (χ2n) is 5.57. The fourth-order valence-electron chi connectivity index (χ4n) is 2.86. The maximum Gasteiger partial charge on any atom is 0.244 e. The highest BCUT2D eigenvalue weighted by atomic mass is 35.5. The lowest BCUT2D eigenvalue weighted by atomic mass is 9.94. The van der Waals surface area contributed by atoms with Crippen molar-refractivity contribution in [2.24, 2.45) is 11.8 Å². The predicted octanol–water partition coefficient (Wildman–Crippen LogP) is 3.46. The number of halogens is 1. The van der Waals surface area contributed by atoms with Crippen LogP contribution in [0.3, 0.4) is 0 Å². The van der Waals surface area contributed by atoms with E-state index in [1.165, 1.54) is 11.3 Å². The zero-order valence-corrected chi connectivity index (χ0v) is 13.9. The number of alkyl halides is 1. The van der Waals surface area contributed by atoms with E-state index >= 15 is 0 Å². The Morgan fingerprint density at radius 1 is 1.37 bits per heavy atom. The Morgan fingerprint density at radius 3 is 2.47 bits per heavy atom. The van der Waals surface area contributed by atoms with Crippen molar-refractivity contribution in [3.05, 3.63) is 15.8 Å². The van der Waals surface area contributed by atoms with Gasteiger partial charge in [-0.3, -0.25) is 0 Å². The summed E-state index contributed by atoms with van der Waals surface area (Å²) in [6.45, 7) is 7.30. The Bertz CT molecular complexity index is 543. The fourth-order valence-corrected chi connectivity index (χ4v) is 6.55. The highest BCUT2D eigenvalue weighted by molar-refractivity contribution is 7.89. The van der Waals surface area contributed by atoms with Gasteiger partial charge in [-0.25, -0.2) is 8.42 Å². The minimum Gasteiger partial charge on any atom is -0.207 e. The molecular weight excluding hydrogens is 302 g/mol. The molecule has 6 heteroatoms. The van der Waals surface area contributed by atoms with E-state index in [0.717, 1.165) is 16.9 Å². The van der Waals surface area contributed by atoms with Crippen LogP contribution in [0, 0.1) is 18.8 Å². The molecule has 2 rings (SSSR count). The lowest BCUT2D eigenvalue weighted by Crippen LogP contribution is -2.42. The Balaban J connectivity index is 2.39. The SMILES string of the molecule is Cc1csc(CCl)c1S(=O)(=O)N1CC(C)CC(C)C1. The molecule has 2 unspecified atom stereocenters. The third kappa shape index (κ3) is 2.99. The highest BCUT2D eigenvalue weighted by Gasteiger charge is 2.34. The minimum atomic E-state index is -3.40. The maximum absolute atomic E-state index is 12.8. The number of hydrogen-bond acceptors (Lipinski definition) is 3. The summed E-state index contributed by atoms with van der Waals surface area (Å²) in [6.07, 6.45) is 1.09. The quantitative estimate of drug-likeness (QED) is 0.799. The predicted molar refractivity (Wildman–Crippen MR) is 80.3 cm³/mol. The zero-order chi connectivity index (χ0) is 14.2. The molecule has 0 bridgehead atoms. The molecule has 1 saturated heterocycles. The van der Waals surface area contributed by atoms with E-state index in [1.807, 2.05) is 12.3 Å². The van der Waals surface area contributed by atoms with Crippen LogP contribution in [0.25, 0.3) is 0 Å². The molecule has 0 saturated carbocycles. The Labute approximate surface area is 124 Å². The van der Waals surface area contributed by atoms with E-state index < -0.39 is 10.0 Å². The first-order valence-corrected chi connectivity index (χ1v) is 9.34. The normalized spacial score (nSPS) is 25.7. The number of thiophene rings is 1. The third-order valence-corrected chi connectivity index (χ3v) is 7.27. The van der Waals surface area contributed by atoms with Crippen molar-refractivity contribution < 1.29 is 8.42 Å². The van der Waals surface area contributed by atoms with Crippen LogP contribution in [-0.4, -0.2) is 25.8 Å². The van der Waals surface area contributed by atoms with E-state index in [2.05, 4.69) is 13.8 Å². The van der Waals surface area contributed by atoms with Crippen LogP contribution >= 0.6 is 22.9 Å². The van der Waals surface area contributed by atoms with Crippen molar-refractivity contribution in [1.29, 1.82) is 0 Å². The number of nitrogens with zero attached hydrogens (tertiary/aromatic N) is 1. The molecule has 0 aromatic carbocycles. The molecule has 1 fully saturated rings. The molecule has 2 heterocycles. The van der Waals surface area contributed by atoms with Gasteiger partial charge in [-0.2, -0.15) is 4.31 Å². The van der Waals surface area contributed by atoms with E-state index in [-0.39, 0.29) is 5.88 Å². The Kier molecular flexibility index (Phi) is 4.60. The highest BCUT2D eigenvalue weighted by Crippen LogP contribution is 2.33. The molecule has 1 aliphatic rings. The lowest BCUT2D eigenvalue weighted by Gasteiger charge is -2.34. The van der Waals surface area contributed by atoms with Crippen LogP contribution < -0.4 is 0 Å². The molecule has 1 aromatic heterocycles. The lowest BCUT2D eigenvalue weighted by molar-refractivity contribution is 0.222. The molecule has 19 heavy (non-hydrogen) atoms. The first-order valence-electron chi connectivity index (χ1n) is 6.49. The molecule has 0 amide bonds. The van der Waals surface area contributed by atoms with Gasteiger partial charge in [-0.15, -0.1) is 22.9 Å². The third-order valence-electron chi connectivity index (χ3n) is 3.54. The van der Waals surface area contributed by atoms with Crippen LogP contribution in [0.4, 0.5) is 0 Å². The van der Waals surface area contributed by atoms with Crippen molar-refractivity contribution in [1.82, 2.24) is 4.31 Å². The first kappa shape index (κ1) is 15.3. The van der Waals surface area contributed by atoms with Gasteiger partial charge in [-0.05, 0) is 36.1 Å². The number of rotatable bonds is 3. The first-order chi connectivity index (χ1) is 8.86. The molecule has 0 spiro atoms. The summed E-state index contributed by atoms with van der Waals surface area (Å²) in [4.78, 5) is 1.19. The number of hydrogen-bond donors (Lipinski definition) is 0. The van der Waals surface area contributed by atoms with Crippen molar-refractivity contribution in [2.75, 3.05) is 13.1 Å². The fraction of sp³-hybridized carbons (Fsp3) is 0.692. The molecule has 0 aliphatic carbocycles. The molecule has 2 atom stereocenters. The van der Waals surface area contributed by atoms with Crippen LogP contribution in [0.1, 0.15) is 30.7 Å². The van der Waals surface area contributed by atoms with Gasteiger partial charge >= 0.3 is 0 Å². The number of aryl methyl sites for hydroxylation is 1. The van der Waals surface area contributed by atoms with E-state index in [4.69, 9.17) is 11.6 Å². The standard InChI is InChI=1S/C13H20ClNO2S2/c1-9-4-10(2)7-15(6-9)19(16,17)13-11(3)8-18-12(13)5-14/h8-10H,4-7H2,1-3H3. The van der Waals surface area contributed by atoms with Crippen molar-refractivity contribution in [2.45, 2.75) is 38.0 Å². The summed E-state index contributed by atoms with van der Waals surface area (Å²) in [6, 6.07) is 0. The van der Waals surface area contributed by atoms with Gasteiger partial charge in [0.1, 0.15) is 4.90 Å². The Morgan fingerprint density at radius 2 is 1.95 bits per heavy atom. The largest absolute Gasteiger partial charge is 0.244 e.